The number of carbonyl (C=O) groups is 1. The number of hydrogen-bond donors (Lipinski definition) is 2. The molecule has 0 radical (unpaired) electrons. The quantitative estimate of drug-likeness (QED) is 0.0764. The van der Waals surface area contributed by atoms with E-state index in [-0.39, 0.29) is 0 Å². The number of benzene rings is 2. The summed E-state index contributed by atoms with van der Waals surface area (Å²) in [5.74, 6) is 4.35. The number of nitrogens with one attached hydrogen (secondary N) is 2. The van der Waals surface area contributed by atoms with Crippen molar-refractivity contribution in [3.63, 3.8) is 0 Å². The largest absolute Gasteiger partial charge is 0.383 e. The van der Waals surface area contributed by atoms with Gasteiger partial charge in [-0.2, -0.15) is 0 Å². The van der Waals surface area contributed by atoms with Crippen molar-refractivity contribution in [1.29, 1.82) is 0 Å². The Balaban J connectivity index is 0.877. The number of hydrogen-bond acceptors (Lipinski definition) is 7. The fourth-order valence-electron chi connectivity index (χ4n) is 11.2. The Morgan fingerprint density at radius 1 is 0.918 bits per heavy atom. The number of carbonyl (C=O) groups excluding carboxylic acids is 1. The Hall–Kier alpha value is -4.52. The molecule has 326 valence electrons. The summed E-state index contributed by atoms with van der Waals surface area (Å²) < 4.78 is 0. The van der Waals surface area contributed by atoms with Crippen molar-refractivity contribution in [2.75, 3.05) is 35.7 Å². The van der Waals surface area contributed by atoms with Gasteiger partial charge >= 0.3 is 0 Å². The lowest BCUT2D eigenvalue weighted by atomic mass is 9.67. The molecular formula is C54H74N6O. The summed E-state index contributed by atoms with van der Waals surface area (Å²) in [7, 11) is 2.22. The van der Waals surface area contributed by atoms with Crippen LogP contribution in [0.1, 0.15) is 167 Å². The summed E-state index contributed by atoms with van der Waals surface area (Å²) in [6.07, 6.45) is 23.5. The molecule has 2 unspecified atom stereocenters. The van der Waals surface area contributed by atoms with Crippen LogP contribution >= 0.6 is 0 Å². The zero-order valence-electron chi connectivity index (χ0n) is 38.4. The monoisotopic (exact) mass is 823 g/mol. The van der Waals surface area contributed by atoms with E-state index in [0.717, 1.165) is 81.1 Å². The first-order valence-electron chi connectivity index (χ1n) is 24.0. The zero-order chi connectivity index (χ0) is 42.9. The van der Waals surface area contributed by atoms with E-state index in [2.05, 4.69) is 112 Å². The fraction of sp³-hybridized carbons (Fsp3) is 0.556. The maximum absolute atomic E-state index is 11.2. The van der Waals surface area contributed by atoms with Crippen LogP contribution in [0, 0.1) is 24.7 Å². The second-order valence-corrected chi connectivity index (χ2v) is 18.9. The van der Waals surface area contributed by atoms with Crippen LogP contribution in [0.4, 0.5) is 23.0 Å². The first-order valence-corrected chi connectivity index (χ1v) is 24.0. The molecule has 2 atom stereocenters. The summed E-state index contributed by atoms with van der Waals surface area (Å²) in [5, 5.41) is 7.08. The van der Waals surface area contributed by atoms with Gasteiger partial charge in [-0.3, -0.25) is 4.98 Å². The van der Waals surface area contributed by atoms with Crippen molar-refractivity contribution < 1.29 is 4.79 Å². The number of aromatic nitrogens is 3. The number of fused-ring (bicyclic) bond motifs is 1. The summed E-state index contributed by atoms with van der Waals surface area (Å²) in [6, 6.07) is 16.4. The van der Waals surface area contributed by atoms with Crippen LogP contribution in [0.2, 0.25) is 0 Å². The molecule has 0 spiro atoms. The van der Waals surface area contributed by atoms with Gasteiger partial charge in [-0.1, -0.05) is 50.3 Å². The Labute approximate surface area is 368 Å². The lowest BCUT2D eigenvalue weighted by Gasteiger charge is -2.38. The smallest absolute Gasteiger partial charge is 0.227 e. The molecule has 0 saturated heterocycles. The van der Waals surface area contributed by atoms with Crippen molar-refractivity contribution >= 4 is 29.3 Å². The minimum atomic E-state index is 0.313. The third-order valence-corrected chi connectivity index (χ3v) is 15.2. The van der Waals surface area contributed by atoms with Crippen molar-refractivity contribution in [2.24, 2.45) is 17.8 Å². The summed E-state index contributed by atoms with van der Waals surface area (Å²) >= 11 is 0. The molecule has 0 bridgehead atoms. The van der Waals surface area contributed by atoms with Crippen molar-refractivity contribution in [2.45, 2.75) is 155 Å². The molecule has 2 N–H and O–H groups in total. The molecule has 2 aromatic heterocycles. The van der Waals surface area contributed by atoms with E-state index in [1.165, 1.54) is 114 Å². The van der Waals surface area contributed by atoms with Crippen LogP contribution in [0.3, 0.4) is 0 Å². The Kier molecular flexibility index (Phi) is 15.4. The van der Waals surface area contributed by atoms with Gasteiger partial charge in [0, 0.05) is 56.0 Å². The molecule has 2 aromatic carbocycles. The predicted molar refractivity (Wildman–Crippen MR) is 256 cm³/mol. The van der Waals surface area contributed by atoms with Crippen LogP contribution < -0.4 is 15.5 Å². The van der Waals surface area contributed by atoms with Gasteiger partial charge in [0.1, 0.15) is 6.29 Å². The fourth-order valence-corrected chi connectivity index (χ4v) is 11.2. The number of anilines is 4. The van der Waals surface area contributed by atoms with E-state index in [1.807, 2.05) is 6.20 Å². The van der Waals surface area contributed by atoms with Crippen LogP contribution in [0.25, 0.3) is 0 Å². The molecule has 7 rings (SSSR count). The summed E-state index contributed by atoms with van der Waals surface area (Å²) in [6.45, 7) is 17.5. The van der Waals surface area contributed by atoms with Gasteiger partial charge in [-0.25, -0.2) is 9.97 Å². The molecule has 7 nitrogen and oxygen atoms in total. The van der Waals surface area contributed by atoms with Crippen LogP contribution in [0.15, 0.2) is 67.0 Å². The zero-order valence-corrected chi connectivity index (χ0v) is 38.4. The highest BCUT2D eigenvalue weighted by Crippen LogP contribution is 2.47. The van der Waals surface area contributed by atoms with Gasteiger partial charge in [0.15, 0.2) is 0 Å². The SMILES string of the molecule is C=C(C)C(CCC=O)C(C)c1ccc(C2CCC(C3CCC(c4ccc(Nc5ncc(CCCc6cnc7c(c6C)NCCC7)c(CC)n5)cc4)CC3)CC2)cc1N(C)CC. The summed E-state index contributed by atoms with van der Waals surface area (Å²) in [4.78, 5) is 28.1. The molecule has 3 aliphatic rings. The molecular weight excluding hydrogens is 749 g/mol. The topological polar surface area (TPSA) is 83.0 Å². The average molecular weight is 823 g/mol. The Morgan fingerprint density at radius 3 is 2.23 bits per heavy atom. The minimum Gasteiger partial charge on any atom is -0.383 e. The van der Waals surface area contributed by atoms with Gasteiger partial charge in [-0.05, 0) is 204 Å². The minimum absolute atomic E-state index is 0.313. The van der Waals surface area contributed by atoms with Crippen LogP contribution in [-0.4, -0.2) is 41.4 Å². The number of aldehydes is 1. The van der Waals surface area contributed by atoms with Crippen LogP contribution in [-0.2, 0) is 30.5 Å². The standard InChI is InChI=1S/C54H74N6O/c1-8-50-46(14-10-13-45-34-56-51-16-11-31-55-53(51)37(45)5)35-57-54(59-50)58-47-28-25-42(26-29-47)41-19-17-39(18-20-41)40-21-23-43(24-22-40)44-27-30-49(52(33-44)60(7)9-2)38(6)48(36(3)4)15-12-32-61/h25-30,32-35,38-41,43,48,55H,3,8-24,31H2,1-2,4-7H3,(H,57,58,59). The highest BCUT2D eigenvalue weighted by Gasteiger charge is 2.32. The van der Waals surface area contributed by atoms with E-state index < -0.39 is 0 Å². The predicted octanol–water partition coefficient (Wildman–Crippen LogP) is 13.0. The Morgan fingerprint density at radius 2 is 1.57 bits per heavy atom. The molecule has 3 heterocycles. The number of rotatable bonds is 18. The molecule has 0 amide bonds. The maximum atomic E-state index is 11.2. The Bertz CT molecular complexity index is 2080. The normalized spacial score (nSPS) is 21.1. The summed E-state index contributed by atoms with van der Waals surface area (Å²) in [5.41, 5.74) is 15.6. The van der Waals surface area contributed by atoms with E-state index in [0.29, 0.717) is 36.0 Å². The second-order valence-electron chi connectivity index (χ2n) is 18.9. The van der Waals surface area contributed by atoms with Gasteiger partial charge in [0.2, 0.25) is 5.95 Å². The number of nitrogens with zero attached hydrogens (tertiary/aromatic N) is 4. The lowest BCUT2D eigenvalue weighted by Crippen LogP contribution is -2.25. The van der Waals surface area contributed by atoms with Gasteiger partial charge in [-0.15, -0.1) is 0 Å². The molecule has 2 saturated carbocycles. The number of pyridine rings is 1. The molecule has 4 aromatic rings. The molecule has 2 fully saturated rings. The van der Waals surface area contributed by atoms with Gasteiger partial charge in [0.25, 0.3) is 0 Å². The van der Waals surface area contributed by atoms with E-state index >= 15 is 0 Å². The molecule has 1 aliphatic heterocycles. The van der Waals surface area contributed by atoms with Crippen LogP contribution in [0.5, 0.6) is 0 Å². The first kappa shape index (κ1) is 44.5. The first-order chi connectivity index (χ1) is 29.7. The molecule has 61 heavy (non-hydrogen) atoms. The van der Waals surface area contributed by atoms with Crippen molar-refractivity contribution in [3.05, 3.63) is 112 Å². The second kappa shape index (κ2) is 21.0. The number of allylic oxidation sites excluding steroid dienone is 1. The molecule has 2 aliphatic carbocycles. The molecule has 7 heteroatoms. The van der Waals surface area contributed by atoms with Gasteiger partial charge in [0.05, 0.1) is 11.4 Å². The highest BCUT2D eigenvalue weighted by molar-refractivity contribution is 5.59. The van der Waals surface area contributed by atoms with Crippen molar-refractivity contribution in [1.82, 2.24) is 15.0 Å². The average Bonchev–Trinajstić information content (AvgIpc) is 3.30. The maximum Gasteiger partial charge on any atom is 0.227 e. The third-order valence-electron chi connectivity index (χ3n) is 15.2. The van der Waals surface area contributed by atoms with E-state index in [1.54, 1.807) is 0 Å². The van der Waals surface area contributed by atoms with Gasteiger partial charge < -0.3 is 20.3 Å². The third kappa shape index (κ3) is 10.8. The van der Waals surface area contributed by atoms with E-state index in [4.69, 9.17) is 15.0 Å². The highest BCUT2D eigenvalue weighted by atomic mass is 16.1. The lowest BCUT2D eigenvalue weighted by molar-refractivity contribution is -0.108. The number of aryl methyl sites for hydroxylation is 4. The van der Waals surface area contributed by atoms with Crippen molar-refractivity contribution in [3.8, 4) is 0 Å². The van der Waals surface area contributed by atoms with E-state index in [9.17, 15) is 4.79 Å².